The molecule has 1 amide bonds. The SMILES string of the molecule is CC(C)(C)CC(=O)NCc1nn(CCN2CCCC2)c(=O)c2ccccc12. The van der Waals surface area contributed by atoms with E-state index in [0.717, 1.165) is 30.7 Å². The molecule has 0 spiro atoms. The molecule has 1 aromatic heterocycles. The molecule has 3 rings (SSSR count). The highest BCUT2D eigenvalue weighted by molar-refractivity contribution is 5.84. The second kappa shape index (κ2) is 8.21. The lowest BCUT2D eigenvalue weighted by molar-refractivity contribution is -0.122. The number of nitrogens with zero attached hydrogens (tertiary/aromatic N) is 3. The number of aromatic nitrogens is 2. The van der Waals surface area contributed by atoms with E-state index in [2.05, 4.69) is 15.3 Å². The Kier molecular flexibility index (Phi) is 5.95. The van der Waals surface area contributed by atoms with Gasteiger partial charge in [0.2, 0.25) is 5.91 Å². The van der Waals surface area contributed by atoms with E-state index in [1.807, 2.05) is 45.0 Å². The van der Waals surface area contributed by atoms with Crippen LogP contribution in [-0.4, -0.2) is 40.2 Å². The zero-order chi connectivity index (χ0) is 19.4. The van der Waals surface area contributed by atoms with Gasteiger partial charge >= 0.3 is 0 Å². The van der Waals surface area contributed by atoms with E-state index in [9.17, 15) is 9.59 Å². The van der Waals surface area contributed by atoms with E-state index in [0.29, 0.717) is 24.9 Å². The first-order chi connectivity index (χ1) is 12.8. The standard InChI is InChI=1S/C21H30N4O2/c1-21(2,3)14-19(26)22-15-18-16-8-4-5-9-17(16)20(27)25(23-18)13-12-24-10-6-7-11-24/h4-5,8-9H,6-7,10-15H2,1-3H3,(H,22,26). The molecule has 0 bridgehead atoms. The largest absolute Gasteiger partial charge is 0.350 e. The summed E-state index contributed by atoms with van der Waals surface area (Å²) in [6.45, 7) is 10.1. The average Bonchev–Trinajstić information content (AvgIpc) is 3.12. The summed E-state index contributed by atoms with van der Waals surface area (Å²) in [6.07, 6.45) is 2.91. The van der Waals surface area contributed by atoms with Gasteiger partial charge in [0.05, 0.1) is 24.2 Å². The minimum atomic E-state index is -0.0614. The van der Waals surface area contributed by atoms with Crippen molar-refractivity contribution in [2.24, 2.45) is 5.41 Å². The Morgan fingerprint density at radius 3 is 2.44 bits per heavy atom. The van der Waals surface area contributed by atoms with Crippen LogP contribution in [0.25, 0.3) is 10.8 Å². The number of carbonyl (C=O) groups is 1. The van der Waals surface area contributed by atoms with Crippen molar-refractivity contribution >= 4 is 16.7 Å². The maximum Gasteiger partial charge on any atom is 0.274 e. The molecule has 1 N–H and O–H groups in total. The van der Waals surface area contributed by atoms with Gasteiger partial charge in [0.25, 0.3) is 5.56 Å². The number of carbonyl (C=O) groups excluding carboxylic acids is 1. The molecule has 1 saturated heterocycles. The maximum atomic E-state index is 12.8. The van der Waals surface area contributed by atoms with Gasteiger partial charge in [-0.15, -0.1) is 0 Å². The molecule has 1 aromatic carbocycles. The second-order valence-corrected chi connectivity index (χ2v) is 8.58. The fourth-order valence-corrected chi connectivity index (χ4v) is 3.56. The third-order valence-electron chi connectivity index (χ3n) is 4.91. The number of likely N-dealkylation sites (tertiary alicyclic amines) is 1. The van der Waals surface area contributed by atoms with Gasteiger partial charge in [-0.3, -0.25) is 9.59 Å². The van der Waals surface area contributed by atoms with E-state index < -0.39 is 0 Å². The third kappa shape index (κ3) is 5.16. The van der Waals surface area contributed by atoms with Crippen LogP contribution in [0.1, 0.15) is 45.7 Å². The van der Waals surface area contributed by atoms with Crippen LogP contribution >= 0.6 is 0 Å². The molecule has 146 valence electrons. The van der Waals surface area contributed by atoms with E-state index in [4.69, 9.17) is 0 Å². The van der Waals surface area contributed by atoms with Gasteiger partial charge in [-0.1, -0.05) is 39.0 Å². The Morgan fingerprint density at radius 2 is 1.78 bits per heavy atom. The van der Waals surface area contributed by atoms with Gasteiger partial charge in [-0.2, -0.15) is 5.10 Å². The van der Waals surface area contributed by atoms with Gasteiger partial charge in [0.1, 0.15) is 0 Å². The van der Waals surface area contributed by atoms with Crippen LogP contribution in [0.3, 0.4) is 0 Å². The van der Waals surface area contributed by atoms with Crippen molar-refractivity contribution in [3.63, 3.8) is 0 Å². The summed E-state index contributed by atoms with van der Waals surface area (Å²) < 4.78 is 1.56. The zero-order valence-electron chi connectivity index (χ0n) is 16.6. The second-order valence-electron chi connectivity index (χ2n) is 8.58. The highest BCUT2D eigenvalue weighted by Crippen LogP contribution is 2.18. The number of hydrogen-bond donors (Lipinski definition) is 1. The van der Waals surface area contributed by atoms with Crippen molar-refractivity contribution in [1.82, 2.24) is 20.0 Å². The average molecular weight is 370 g/mol. The lowest BCUT2D eigenvalue weighted by Crippen LogP contribution is -2.33. The molecular formula is C21H30N4O2. The minimum Gasteiger partial charge on any atom is -0.350 e. The molecule has 0 radical (unpaired) electrons. The van der Waals surface area contributed by atoms with Gasteiger partial charge < -0.3 is 10.2 Å². The number of nitrogens with one attached hydrogen (secondary N) is 1. The van der Waals surface area contributed by atoms with E-state index in [1.165, 1.54) is 12.8 Å². The number of benzene rings is 1. The molecule has 0 atom stereocenters. The fourth-order valence-electron chi connectivity index (χ4n) is 3.56. The molecule has 2 aromatic rings. The molecule has 0 saturated carbocycles. The monoisotopic (exact) mass is 370 g/mol. The normalized spacial score (nSPS) is 15.4. The van der Waals surface area contributed by atoms with E-state index >= 15 is 0 Å². The van der Waals surface area contributed by atoms with Crippen LogP contribution in [0.4, 0.5) is 0 Å². The Hall–Kier alpha value is -2.21. The van der Waals surface area contributed by atoms with Crippen molar-refractivity contribution in [2.75, 3.05) is 19.6 Å². The highest BCUT2D eigenvalue weighted by Gasteiger charge is 2.17. The number of hydrogen-bond acceptors (Lipinski definition) is 4. The first kappa shape index (κ1) is 19.5. The first-order valence-corrected chi connectivity index (χ1v) is 9.81. The summed E-state index contributed by atoms with van der Waals surface area (Å²) in [4.78, 5) is 27.4. The molecule has 0 unspecified atom stereocenters. The van der Waals surface area contributed by atoms with Gasteiger partial charge in [0.15, 0.2) is 0 Å². The van der Waals surface area contributed by atoms with Crippen LogP contribution < -0.4 is 10.9 Å². The van der Waals surface area contributed by atoms with E-state index in [1.54, 1.807) is 4.68 Å². The van der Waals surface area contributed by atoms with Crippen LogP contribution in [0.5, 0.6) is 0 Å². The Labute approximate surface area is 160 Å². The third-order valence-corrected chi connectivity index (χ3v) is 4.91. The summed E-state index contributed by atoms with van der Waals surface area (Å²) in [5.41, 5.74) is 0.622. The predicted molar refractivity (Wildman–Crippen MR) is 108 cm³/mol. The summed E-state index contributed by atoms with van der Waals surface area (Å²) in [7, 11) is 0. The Morgan fingerprint density at radius 1 is 1.11 bits per heavy atom. The number of fused-ring (bicyclic) bond motifs is 1. The van der Waals surface area contributed by atoms with Crippen molar-refractivity contribution in [2.45, 2.75) is 53.1 Å². The summed E-state index contributed by atoms with van der Waals surface area (Å²) in [5, 5.41) is 9.03. The Bertz CT molecular complexity index is 861. The smallest absolute Gasteiger partial charge is 0.274 e. The molecule has 6 heteroatoms. The molecule has 1 aliphatic rings. The van der Waals surface area contributed by atoms with Crippen molar-refractivity contribution in [3.05, 3.63) is 40.3 Å². The lowest BCUT2D eigenvalue weighted by Gasteiger charge is -2.18. The summed E-state index contributed by atoms with van der Waals surface area (Å²) in [6, 6.07) is 7.51. The van der Waals surface area contributed by atoms with Gasteiger partial charge in [-0.05, 0) is 37.4 Å². The predicted octanol–water partition coefficient (Wildman–Crippen LogP) is 2.54. The van der Waals surface area contributed by atoms with Gasteiger partial charge in [-0.25, -0.2) is 4.68 Å². The first-order valence-electron chi connectivity index (χ1n) is 9.81. The number of rotatable bonds is 6. The summed E-state index contributed by atoms with van der Waals surface area (Å²) >= 11 is 0. The van der Waals surface area contributed by atoms with E-state index in [-0.39, 0.29) is 16.9 Å². The van der Waals surface area contributed by atoms with Crippen LogP contribution in [0.2, 0.25) is 0 Å². The minimum absolute atomic E-state index is 0.00296. The van der Waals surface area contributed by atoms with Crippen LogP contribution in [0, 0.1) is 5.41 Å². The van der Waals surface area contributed by atoms with Gasteiger partial charge in [0, 0.05) is 18.4 Å². The molecule has 2 heterocycles. The zero-order valence-corrected chi connectivity index (χ0v) is 16.6. The quantitative estimate of drug-likeness (QED) is 0.849. The van der Waals surface area contributed by atoms with Crippen molar-refractivity contribution < 1.29 is 4.79 Å². The molecular weight excluding hydrogens is 340 g/mol. The van der Waals surface area contributed by atoms with Crippen molar-refractivity contribution in [3.8, 4) is 0 Å². The van der Waals surface area contributed by atoms with Crippen LogP contribution in [-0.2, 0) is 17.9 Å². The topological polar surface area (TPSA) is 67.2 Å². The lowest BCUT2D eigenvalue weighted by atomic mass is 9.92. The maximum absolute atomic E-state index is 12.8. The molecule has 1 aliphatic heterocycles. The fraction of sp³-hybridized carbons (Fsp3) is 0.571. The highest BCUT2D eigenvalue weighted by atomic mass is 16.1. The Balaban J connectivity index is 1.81. The molecule has 6 nitrogen and oxygen atoms in total. The molecule has 1 fully saturated rings. The van der Waals surface area contributed by atoms with Crippen molar-refractivity contribution in [1.29, 1.82) is 0 Å². The molecule has 27 heavy (non-hydrogen) atoms. The summed E-state index contributed by atoms with van der Waals surface area (Å²) in [5.74, 6) is 0.00296. The molecule has 0 aliphatic carbocycles. The van der Waals surface area contributed by atoms with Crippen LogP contribution in [0.15, 0.2) is 29.1 Å². The number of amides is 1.